The summed E-state index contributed by atoms with van der Waals surface area (Å²) in [5, 5.41) is 2.81. The van der Waals surface area contributed by atoms with Crippen molar-refractivity contribution in [2.75, 3.05) is 23.4 Å². The number of thioether (sulfide) groups is 1. The smallest absolute Gasteiger partial charge is 0.270 e. The standard InChI is InChI=1S/C29H28N2O4S2/c1-4-20-8-13-23(14-9-20)31-28(33)26(37-29(31)36)17-21-10-15-24(25(16-21)34-5-2)35-18-27(32)30-22-11-6-19(3)7-12-22/h6-17H,4-5,18H2,1-3H3,(H,30,32)/b26-17-. The minimum Gasteiger partial charge on any atom is -0.490 e. The Morgan fingerprint density at radius 3 is 2.41 bits per heavy atom. The van der Waals surface area contributed by atoms with E-state index in [1.807, 2.05) is 68.4 Å². The Morgan fingerprint density at radius 2 is 1.73 bits per heavy atom. The van der Waals surface area contributed by atoms with E-state index in [0.29, 0.717) is 33.0 Å². The third kappa shape index (κ3) is 6.58. The Bertz CT molecular complexity index is 1340. The molecular weight excluding hydrogens is 504 g/mol. The van der Waals surface area contributed by atoms with Gasteiger partial charge in [0.25, 0.3) is 11.8 Å². The van der Waals surface area contributed by atoms with E-state index in [1.165, 1.54) is 17.3 Å². The first-order chi connectivity index (χ1) is 17.9. The molecule has 0 bridgehead atoms. The molecule has 190 valence electrons. The summed E-state index contributed by atoms with van der Waals surface area (Å²) in [7, 11) is 0. The molecule has 0 saturated carbocycles. The van der Waals surface area contributed by atoms with Gasteiger partial charge in [-0.3, -0.25) is 14.5 Å². The van der Waals surface area contributed by atoms with E-state index in [1.54, 1.807) is 23.1 Å². The molecule has 0 aliphatic carbocycles. The van der Waals surface area contributed by atoms with E-state index >= 15 is 0 Å². The fourth-order valence-corrected chi connectivity index (χ4v) is 5.00. The maximum absolute atomic E-state index is 13.1. The molecule has 1 aliphatic rings. The van der Waals surface area contributed by atoms with Gasteiger partial charge < -0.3 is 14.8 Å². The molecule has 6 nitrogen and oxygen atoms in total. The molecule has 0 aromatic heterocycles. The summed E-state index contributed by atoms with van der Waals surface area (Å²) in [6, 6.07) is 20.7. The van der Waals surface area contributed by atoms with Crippen molar-refractivity contribution in [1.82, 2.24) is 0 Å². The Balaban J connectivity index is 1.46. The minimum atomic E-state index is -0.272. The molecule has 1 N–H and O–H groups in total. The van der Waals surface area contributed by atoms with Gasteiger partial charge in [0.1, 0.15) is 0 Å². The average Bonchev–Trinajstić information content (AvgIpc) is 3.17. The van der Waals surface area contributed by atoms with Gasteiger partial charge >= 0.3 is 0 Å². The minimum absolute atomic E-state index is 0.162. The maximum atomic E-state index is 13.1. The highest BCUT2D eigenvalue weighted by Crippen LogP contribution is 2.37. The zero-order chi connectivity index (χ0) is 26.4. The lowest BCUT2D eigenvalue weighted by molar-refractivity contribution is -0.118. The molecule has 1 saturated heterocycles. The van der Waals surface area contributed by atoms with Crippen LogP contribution in [0.3, 0.4) is 0 Å². The molecule has 1 fully saturated rings. The zero-order valence-electron chi connectivity index (χ0n) is 20.9. The lowest BCUT2D eigenvalue weighted by atomic mass is 10.1. The zero-order valence-corrected chi connectivity index (χ0v) is 22.6. The van der Waals surface area contributed by atoms with Crippen molar-refractivity contribution in [2.45, 2.75) is 27.2 Å². The second-order valence-corrected chi connectivity index (χ2v) is 10.1. The summed E-state index contributed by atoms with van der Waals surface area (Å²) in [6.45, 7) is 6.20. The van der Waals surface area contributed by atoms with Gasteiger partial charge in [0.2, 0.25) is 0 Å². The number of anilines is 2. The van der Waals surface area contributed by atoms with Gasteiger partial charge in [0.15, 0.2) is 22.4 Å². The third-order valence-electron chi connectivity index (χ3n) is 5.66. The number of nitrogens with one attached hydrogen (secondary N) is 1. The number of amides is 2. The van der Waals surface area contributed by atoms with E-state index < -0.39 is 0 Å². The van der Waals surface area contributed by atoms with Crippen LogP contribution in [0.15, 0.2) is 71.6 Å². The second kappa shape index (κ2) is 12.1. The van der Waals surface area contributed by atoms with Gasteiger partial charge in [-0.1, -0.05) is 66.8 Å². The summed E-state index contributed by atoms with van der Waals surface area (Å²) in [5.74, 6) is 0.503. The lowest BCUT2D eigenvalue weighted by Gasteiger charge is -2.15. The predicted octanol–water partition coefficient (Wildman–Crippen LogP) is 6.38. The predicted molar refractivity (Wildman–Crippen MR) is 154 cm³/mol. The molecular formula is C29H28N2O4S2. The average molecular weight is 533 g/mol. The molecule has 2 amide bonds. The highest BCUT2D eigenvalue weighted by Gasteiger charge is 2.33. The number of rotatable bonds is 9. The van der Waals surface area contributed by atoms with Crippen LogP contribution in [0.5, 0.6) is 11.5 Å². The normalized spacial score (nSPS) is 14.2. The number of carbonyl (C=O) groups excluding carboxylic acids is 2. The molecule has 0 radical (unpaired) electrons. The van der Waals surface area contributed by atoms with Crippen LogP contribution in [0, 0.1) is 6.92 Å². The maximum Gasteiger partial charge on any atom is 0.270 e. The first kappa shape index (κ1) is 26.4. The van der Waals surface area contributed by atoms with Crippen LogP contribution >= 0.6 is 24.0 Å². The van der Waals surface area contributed by atoms with Crippen molar-refractivity contribution in [3.05, 3.63) is 88.3 Å². The summed E-state index contributed by atoms with van der Waals surface area (Å²) in [6.07, 6.45) is 2.72. The summed E-state index contributed by atoms with van der Waals surface area (Å²) in [4.78, 5) is 27.6. The number of carbonyl (C=O) groups is 2. The number of thiocarbonyl (C=S) groups is 1. The first-order valence-electron chi connectivity index (χ1n) is 12.0. The topological polar surface area (TPSA) is 67.9 Å². The summed E-state index contributed by atoms with van der Waals surface area (Å²) >= 11 is 6.76. The van der Waals surface area contributed by atoms with Crippen LogP contribution < -0.4 is 19.7 Å². The third-order valence-corrected chi connectivity index (χ3v) is 6.96. The number of ether oxygens (including phenoxy) is 2. The Morgan fingerprint density at radius 1 is 1.00 bits per heavy atom. The van der Waals surface area contributed by atoms with E-state index in [2.05, 4.69) is 12.2 Å². The van der Waals surface area contributed by atoms with Crippen molar-refractivity contribution in [3.8, 4) is 11.5 Å². The van der Waals surface area contributed by atoms with Gasteiger partial charge in [-0.2, -0.15) is 0 Å². The molecule has 1 heterocycles. The fourth-order valence-electron chi connectivity index (χ4n) is 3.70. The van der Waals surface area contributed by atoms with Crippen LogP contribution in [0.25, 0.3) is 6.08 Å². The molecule has 37 heavy (non-hydrogen) atoms. The van der Waals surface area contributed by atoms with E-state index in [0.717, 1.165) is 23.2 Å². The van der Waals surface area contributed by atoms with Crippen LogP contribution in [0.2, 0.25) is 0 Å². The number of hydrogen-bond donors (Lipinski definition) is 1. The molecule has 0 spiro atoms. The summed E-state index contributed by atoms with van der Waals surface area (Å²) in [5.41, 5.74) is 4.54. The van der Waals surface area contributed by atoms with E-state index in [4.69, 9.17) is 21.7 Å². The Labute approximate surface area is 226 Å². The van der Waals surface area contributed by atoms with Crippen molar-refractivity contribution in [1.29, 1.82) is 0 Å². The van der Waals surface area contributed by atoms with Crippen LogP contribution in [0.4, 0.5) is 11.4 Å². The Hall–Kier alpha value is -3.62. The van der Waals surface area contributed by atoms with Gasteiger partial charge in [-0.15, -0.1) is 0 Å². The quantitative estimate of drug-likeness (QED) is 0.255. The lowest BCUT2D eigenvalue weighted by Crippen LogP contribution is -2.27. The molecule has 3 aromatic rings. The molecule has 3 aromatic carbocycles. The molecule has 0 atom stereocenters. The highest BCUT2D eigenvalue weighted by atomic mass is 32.2. The van der Waals surface area contributed by atoms with Crippen molar-refractivity contribution in [2.24, 2.45) is 0 Å². The van der Waals surface area contributed by atoms with Crippen molar-refractivity contribution < 1.29 is 19.1 Å². The van der Waals surface area contributed by atoms with Gasteiger partial charge in [-0.25, -0.2) is 0 Å². The fraction of sp³-hybridized carbons (Fsp3) is 0.207. The van der Waals surface area contributed by atoms with E-state index in [9.17, 15) is 9.59 Å². The monoisotopic (exact) mass is 532 g/mol. The molecule has 4 rings (SSSR count). The second-order valence-electron chi connectivity index (χ2n) is 8.38. The van der Waals surface area contributed by atoms with Crippen molar-refractivity contribution in [3.63, 3.8) is 0 Å². The molecule has 0 unspecified atom stereocenters. The van der Waals surface area contributed by atoms with Crippen LogP contribution in [-0.2, 0) is 16.0 Å². The first-order valence-corrected chi connectivity index (χ1v) is 13.2. The van der Waals surface area contributed by atoms with E-state index in [-0.39, 0.29) is 18.4 Å². The van der Waals surface area contributed by atoms with Crippen LogP contribution in [0.1, 0.15) is 30.5 Å². The van der Waals surface area contributed by atoms with Gasteiger partial charge in [0, 0.05) is 5.69 Å². The number of aryl methyl sites for hydroxylation is 2. The largest absolute Gasteiger partial charge is 0.490 e. The van der Waals surface area contributed by atoms with Gasteiger partial charge in [-0.05, 0) is 73.9 Å². The number of nitrogens with zero attached hydrogens (tertiary/aromatic N) is 1. The Kier molecular flexibility index (Phi) is 8.63. The SMILES string of the molecule is CCOc1cc(/C=C2\SC(=S)N(c3ccc(CC)cc3)C2=O)ccc1OCC(=O)Nc1ccc(C)cc1. The van der Waals surface area contributed by atoms with Gasteiger partial charge in [0.05, 0.1) is 17.2 Å². The van der Waals surface area contributed by atoms with Crippen LogP contribution in [-0.4, -0.2) is 29.3 Å². The van der Waals surface area contributed by atoms with Crippen molar-refractivity contribution >= 4 is 57.6 Å². The highest BCUT2D eigenvalue weighted by molar-refractivity contribution is 8.27. The molecule has 8 heteroatoms. The molecule has 1 aliphatic heterocycles. The number of hydrogen-bond acceptors (Lipinski definition) is 6. The number of benzene rings is 3. The summed E-state index contributed by atoms with van der Waals surface area (Å²) < 4.78 is 12.0.